The van der Waals surface area contributed by atoms with Gasteiger partial charge in [0.25, 0.3) is 0 Å². The molecule has 0 radical (unpaired) electrons. The SMILES string of the molecule is CCC(=O)N(C)c1c(C)cccc1CO/N=C(\C)c1ccccc1. The minimum absolute atomic E-state index is 0.0783. The quantitative estimate of drug-likeness (QED) is 0.587. The summed E-state index contributed by atoms with van der Waals surface area (Å²) < 4.78 is 0. The van der Waals surface area contributed by atoms with E-state index in [9.17, 15) is 4.79 Å². The number of rotatable bonds is 6. The number of carbonyl (C=O) groups excluding carboxylic acids is 1. The molecule has 4 nitrogen and oxygen atoms in total. The van der Waals surface area contributed by atoms with E-state index in [0.717, 1.165) is 28.1 Å². The second-order valence-corrected chi connectivity index (χ2v) is 5.71. The highest BCUT2D eigenvalue weighted by molar-refractivity contribution is 5.98. The second kappa shape index (κ2) is 8.29. The van der Waals surface area contributed by atoms with Gasteiger partial charge in [0.2, 0.25) is 5.91 Å². The van der Waals surface area contributed by atoms with Gasteiger partial charge < -0.3 is 9.74 Å². The van der Waals surface area contributed by atoms with Crippen molar-refractivity contribution in [3.05, 3.63) is 65.2 Å². The maximum atomic E-state index is 12.0. The monoisotopic (exact) mass is 324 g/mol. The van der Waals surface area contributed by atoms with Crippen molar-refractivity contribution in [3.63, 3.8) is 0 Å². The second-order valence-electron chi connectivity index (χ2n) is 5.71. The molecular formula is C20H24N2O2. The van der Waals surface area contributed by atoms with Crippen molar-refractivity contribution in [3.8, 4) is 0 Å². The number of hydrogen-bond acceptors (Lipinski definition) is 3. The number of carbonyl (C=O) groups is 1. The lowest BCUT2D eigenvalue weighted by atomic mass is 10.1. The molecule has 24 heavy (non-hydrogen) atoms. The van der Waals surface area contributed by atoms with Gasteiger partial charge in [-0.25, -0.2) is 0 Å². The fourth-order valence-corrected chi connectivity index (χ4v) is 2.61. The fraction of sp³-hybridized carbons (Fsp3) is 0.300. The van der Waals surface area contributed by atoms with Crippen LogP contribution in [-0.4, -0.2) is 18.7 Å². The highest BCUT2D eigenvalue weighted by Gasteiger charge is 2.15. The van der Waals surface area contributed by atoms with E-state index >= 15 is 0 Å². The first-order chi connectivity index (χ1) is 11.5. The highest BCUT2D eigenvalue weighted by atomic mass is 16.6. The van der Waals surface area contributed by atoms with E-state index in [4.69, 9.17) is 4.84 Å². The van der Waals surface area contributed by atoms with Gasteiger partial charge in [-0.2, -0.15) is 0 Å². The van der Waals surface area contributed by atoms with Crippen molar-refractivity contribution in [2.24, 2.45) is 5.16 Å². The number of anilines is 1. The topological polar surface area (TPSA) is 41.9 Å². The Kier molecular flexibility index (Phi) is 6.13. The lowest BCUT2D eigenvalue weighted by Crippen LogP contribution is -2.27. The van der Waals surface area contributed by atoms with Crippen molar-refractivity contribution >= 4 is 17.3 Å². The Hall–Kier alpha value is -2.62. The number of amides is 1. The van der Waals surface area contributed by atoms with Crippen molar-refractivity contribution in [2.45, 2.75) is 33.8 Å². The molecule has 0 saturated carbocycles. The largest absolute Gasteiger partial charge is 0.391 e. The third kappa shape index (κ3) is 4.22. The molecule has 0 aliphatic carbocycles. The van der Waals surface area contributed by atoms with E-state index in [2.05, 4.69) is 5.16 Å². The summed E-state index contributed by atoms with van der Waals surface area (Å²) in [5.41, 5.74) is 4.74. The van der Waals surface area contributed by atoms with E-state index < -0.39 is 0 Å². The molecule has 0 atom stereocenters. The van der Waals surface area contributed by atoms with Gasteiger partial charge in [0.15, 0.2) is 0 Å². The number of oxime groups is 1. The van der Waals surface area contributed by atoms with Gasteiger partial charge in [0, 0.05) is 19.0 Å². The van der Waals surface area contributed by atoms with Crippen LogP contribution in [0.1, 0.15) is 37.0 Å². The molecule has 2 rings (SSSR count). The molecule has 0 aromatic heterocycles. The van der Waals surface area contributed by atoms with Crippen LogP contribution in [0.5, 0.6) is 0 Å². The van der Waals surface area contributed by atoms with E-state index in [1.807, 2.05) is 69.3 Å². The molecule has 126 valence electrons. The Morgan fingerprint density at radius 3 is 2.50 bits per heavy atom. The van der Waals surface area contributed by atoms with E-state index in [-0.39, 0.29) is 5.91 Å². The Labute approximate surface area is 143 Å². The highest BCUT2D eigenvalue weighted by Crippen LogP contribution is 2.25. The van der Waals surface area contributed by atoms with Crippen LogP contribution in [0.25, 0.3) is 0 Å². The fourth-order valence-electron chi connectivity index (χ4n) is 2.61. The van der Waals surface area contributed by atoms with Crippen LogP contribution in [0, 0.1) is 6.92 Å². The third-order valence-corrected chi connectivity index (χ3v) is 3.95. The first-order valence-corrected chi connectivity index (χ1v) is 8.11. The molecule has 0 aliphatic rings. The zero-order valence-corrected chi connectivity index (χ0v) is 14.7. The predicted octanol–water partition coefficient (Wildman–Crippen LogP) is 4.31. The average Bonchev–Trinajstić information content (AvgIpc) is 2.61. The zero-order chi connectivity index (χ0) is 17.5. The number of nitrogens with zero attached hydrogens (tertiary/aromatic N) is 2. The Morgan fingerprint density at radius 1 is 1.12 bits per heavy atom. The lowest BCUT2D eigenvalue weighted by molar-refractivity contribution is -0.118. The molecule has 0 saturated heterocycles. The van der Waals surface area contributed by atoms with Crippen molar-refractivity contribution in [2.75, 3.05) is 11.9 Å². The van der Waals surface area contributed by atoms with E-state index in [1.54, 1.807) is 11.9 Å². The molecule has 0 unspecified atom stereocenters. The third-order valence-electron chi connectivity index (χ3n) is 3.95. The first-order valence-electron chi connectivity index (χ1n) is 8.11. The van der Waals surface area contributed by atoms with Crippen molar-refractivity contribution in [1.82, 2.24) is 0 Å². The summed E-state index contributed by atoms with van der Waals surface area (Å²) in [6.07, 6.45) is 0.469. The van der Waals surface area contributed by atoms with E-state index in [0.29, 0.717) is 13.0 Å². The Bertz CT molecular complexity index is 724. The molecule has 0 N–H and O–H groups in total. The van der Waals surface area contributed by atoms with Crippen molar-refractivity contribution in [1.29, 1.82) is 0 Å². The van der Waals surface area contributed by atoms with Crippen LogP contribution in [0.2, 0.25) is 0 Å². The molecule has 0 heterocycles. The smallest absolute Gasteiger partial charge is 0.226 e. The maximum Gasteiger partial charge on any atom is 0.226 e. The van der Waals surface area contributed by atoms with Crippen LogP contribution in [0.3, 0.4) is 0 Å². The molecule has 0 fully saturated rings. The van der Waals surface area contributed by atoms with Gasteiger partial charge in [-0.3, -0.25) is 4.79 Å². The van der Waals surface area contributed by atoms with Gasteiger partial charge in [-0.1, -0.05) is 60.6 Å². The molecule has 0 spiro atoms. The molecule has 2 aromatic carbocycles. The van der Waals surface area contributed by atoms with Crippen molar-refractivity contribution < 1.29 is 9.63 Å². The first kappa shape index (κ1) is 17.7. The summed E-state index contributed by atoms with van der Waals surface area (Å²) >= 11 is 0. The van der Waals surface area contributed by atoms with Crippen LogP contribution < -0.4 is 4.90 Å². The summed E-state index contributed by atoms with van der Waals surface area (Å²) in [5.74, 6) is 0.0783. The summed E-state index contributed by atoms with van der Waals surface area (Å²) in [6, 6.07) is 15.8. The lowest BCUT2D eigenvalue weighted by Gasteiger charge is -2.22. The zero-order valence-electron chi connectivity index (χ0n) is 14.7. The van der Waals surface area contributed by atoms with Crippen LogP contribution in [0.4, 0.5) is 5.69 Å². The van der Waals surface area contributed by atoms with Gasteiger partial charge in [-0.15, -0.1) is 0 Å². The number of benzene rings is 2. The van der Waals surface area contributed by atoms with Gasteiger partial charge >= 0.3 is 0 Å². The maximum absolute atomic E-state index is 12.0. The normalized spacial score (nSPS) is 11.2. The predicted molar refractivity (Wildman–Crippen MR) is 98.3 cm³/mol. The van der Waals surface area contributed by atoms with Crippen LogP contribution in [0.15, 0.2) is 53.7 Å². The standard InChI is InChI=1S/C20H24N2O2/c1-5-19(23)22(4)20-15(2)10-9-13-18(20)14-24-21-16(3)17-11-7-6-8-12-17/h6-13H,5,14H2,1-4H3/b21-16+. The Morgan fingerprint density at radius 2 is 1.83 bits per heavy atom. The number of aryl methyl sites for hydroxylation is 1. The van der Waals surface area contributed by atoms with Gasteiger partial charge in [0.05, 0.1) is 11.4 Å². The van der Waals surface area contributed by atoms with E-state index in [1.165, 1.54) is 0 Å². The average molecular weight is 324 g/mol. The summed E-state index contributed by atoms with van der Waals surface area (Å²) in [6.45, 7) is 6.10. The number of para-hydroxylation sites is 1. The van der Waals surface area contributed by atoms with Gasteiger partial charge in [-0.05, 0) is 25.0 Å². The minimum Gasteiger partial charge on any atom is -0.391 e. The van der Waals surface area contributed by atoms with Gasteiger partial charge in [0.1, 0.15) is 6.61 Å². The minimum atomic E-state index is 0.0783. The number of hydrogen-bond donors (Lipinski definition) is 0. The van der Waals surface area contributed by atoms with Crippen LogP contribution in [-0.2, 0) is 16.2 Å². The Balaban J connectivity index is 2.16. The molecule has 1 amide bonds. The molecule has 0 bridgehead atoms. The molecule has 4 heteroatoms. The molecular weight excluding hydrogens is 300 g/mol. The summed E-state index contributed by atoms with van der Waals surface area (Å²) in [7, 11) is 1.80. The summed E-state index contributed by atoms with van der Waals surface area (Å²) in [4.78, 5) is 19.3. The molecule has 0 aliphatic heterocycles. The van der Waals surface area contributed by atoms with Crippen LogP contribution >= 0.6 is 0 Å². The summed E-state index contributed by atoms with van der Waals surface area (Å²) in [5, 5.41) is 4.20. The molecule has 2 aromatic rings.